The first-order valence-electron chi connectivity index (χ1n) is 5.98. The molecule has 1 aromatic carbocycles. The number of anilines is 2. The van der Waals surface area contributed by atoms with Gasteiger partial charge >= 0.3 is 6.18 Å². The third-order valence-electron chi connectivity index (χ3n) is 2.86. The summed E-state index contributed by atoms with van der Waals surface area (Å²) in [4.78, 5) is 15.6. The fourth-order valence-electron chi connectivity index (χ4n) is 1.64. The summed E-state index contributed by atoms with van der Waals surface area (Å²) in [5, 5.41) is 2.46. The standard InChI is InChI=1S/C14H12F3N3O/c1-8-2-3-10(7-11(8)18)20-13(21)12-6-9(4-5-19-12)14(15,16)17/h2-7H,18H2,1H3,(H,20,21). The highest BCUT2D eigenvalue weighted by atomic mass is 19.4. The van der Waals surface area contributed by atoms with Crippen LogP contribution in [0, 0.1) is 6.92 Å². The first kappa shape index (κ1) is 14.8. The van der Waals surface area contributed by atoms with Crippen LogP contribution in [-0.4, -0.2) is 10.9 Å². The molecule has 4 nitrogen and oxygen atoms in total. The molecule has 1 aromatic heterocycles. The number of benzene rings is 1. The lowest BCUT2D eigenvalue weighted by Gasteiger charge is -2.09. The first-order chi connectivity index (χ1) is 9.77. The van der Waals surface area contributed by atoms with E-state index in [4.69, 9.17) is 5.73 Å². The van der Waals surface area contributed by atoms with Gasteiger partial charge in [-0.05, 0) is 36.8 Å². The molecule has 0 aliphatic rings. The fourth-order valence-corrected chi connectivity index (χ4v) is 1.64. The zero-order chi connectivity index (χ0) is 15.6. The largest absolute Gasteiger partial charge is 0.416 e. The predicted octanol–water partition coefficient (Wildman–Crippen LogP) is 3.24. The number of nitrogen functional groups attached to an aromatic ring is 1. The topological polar surface area (TPSA) is 68.0 Å². The number of hydrogen-bond donors (Lipinski definition) is 2. The Bertz CT molecular complexity index is 683. The molecule has 0 spiro atoms. The lowest BCUT2D eigenvalue weighted by atomic mass is 10.1. The van der Waals surface area contributed by atoms with Crippen LogP contribution in [0.15, 0.2) is 36.5 Å². The zero-order valence-corrected chi connectivity index (χ0v) is 11.0. The van der Waals surface area contributed by atoms with Gasteiger partial charge in [-0.15, -0.1) is 0 Å². The molecule has 21 heavy (non-hydrogen) atoms. The first-order valence-corrected chi connectivity index (χ1v) is 5.98. The number of aryl methyl sites for hydroxylation is 1. The summed E-state index contributed by atoms with van der Waals surface area (Å²) < 4.78 is 37.7. The van der Waals surface area contributed by atoms with Crippen LogP contribution in [0.25, 0.3) is 0 Å². The van der Waals surface area contributed by atoms with Crippen molar-refractivity contribution in [2.75, 3.05) is 11.1 Å². The van der Waals surface area contributed by atoms with Gasteiger partial charge in [0.05, 0.1) is 5.56 Å². The summed E-state index contributed by atoms with van der Waals surface area (Å²) in [6, 6.07) is 6.34. The number of nitrogens with two attached hydrogens (primary N) is 1. The van der Waals surface area contributed by atoms with Gasteiger partial charge in [0, 0.05) is 17.6 Å². The maximum absolute atomic E-state index is 12.6. The number of carbonyl (C=O) groups is 1. The highest BCUT2D eigenvalue weighted by Crippen LogP contribution is 2.29. The molecule has 2 aromatic rings. The summed E-state index contributed by atoms with van der Waals surface area (Å²) in [6.07, 6.45) is -3.58. The van der Waals surface area contributed by atoms with E-state index in [-0.39, 0.29) is 5.69 Å². The lowest BCUT2D eigenvalue weighted by Crippen LogP contribution is -2.15. The van der Waals surface area contributed by atoms with Gasteiger partial charge in [-0.25, -0.2) is 0 Å². The summed E-state index contributed by atoms with van der Waals surface area (Å²) in [6.45, 7) is 1.80. The number of nitrogens with one attached hydrogen (secondary N) is 1. The molecule has 0 atom stereocenters. The molecule has 7 heteroatoms. The van der Waals surface area contributed by atoms with Gasteiger partial charge in [-0.1, -0.05) is 6.07 Å². The predicted molar refractivity (Wildman–Crippen MR) is 72.8 cm³/mol. The molecule has 1 heterocycles. The minimum atomic E-state index is -4.52. The number of alkyl halides is 3. The van der Waals surface area contributed by atoms with Gasteiger partial charge < -0.3 is 11.1 Å². The van der Waals surface area contributed by atoms with Gasteiger partial charge in [0.1, 0.15) is 5.69 Å². The van der Waals surface area contributed by atoms with Crippen LogP contribution in [0.5, 0.6) is 0 Å². The van der Waals surface area contributed by atoms with Crippen molar-refractivity contribution >= 4 is 17.3 Å². The molecule has 0 fully saturated rings. The Kier molecular flexibility index (Phi) is 3.84. The second-order valence-corrected chi connectivity index (χ2v) is 4.45. The summed E-state index contributed by atoms with van der Waals surface area (Å²) in [5.74, 6) is -0.732. The molecule has 1 amide bonds. The van der Waals surface area contributed by atoms with Crippen LogP contribution in [0.2, 0.25) is 0 Å². The Labute approximate surface area is 118 Å². The SMILES string of the molecule is Cc1ccc(NC(=O)c2cc(C(F)(F)F)ccn2)cc1N. The number of aromatic nitrogens is 1. The fraction of sp³-hybridized carbons (Fsp3) is 0.143. The Morgan fingerprint density at radius 2 is 1.95 bits per heavy atom. The minimum Gasteiger partial charge on any atom is -0.398 e. The molecule has 0 saturated heterocycles. The van der Waals surface area contributed by atoms with Crippen molar-refractivity contribution < 1.29 is 18.0 Å². The van der Waals surface area contributed by atoms with E-state index in [1.165, 1.54) is 6.07 Å². The zero-order valence-electron chi connectivity index (χ0n) is 11.0. The number of carbonyl (C=O) groups excluding carboxylic acids is 1. The molecule has 0 aliphatic carbocycles. The molecule has 3 N–H and O–H groups in total. The Morgan fingerprint density at radius 1 is 1.24 bits per heavy atom. The monoisotopic (exact) mass is 295 g/mol. The molecular formula is C14H12F3N3O. The van der Waals surface area contributed by atoms with E-state index in [0.717, 1.165) is 17.8 Å². The minimum absolute atomic E-state index is 0.316. The van der Waals surface area contributed by atoms with Crippen molar-refractivity contribution in [1.29, 1.82) is 0 Å². The van der Waals surface area contributed by atoms with E-state index in [1.807, 2.05) is 0 Å². The third-order valence-corrected chi connectivity index (χ3v) is 2.86. The second kappa shape index (κ2) is 5.43. The Morgan fingerprint density at radius 3 is 2.57 bits per heavy atom. The highest BCUT2D eigenvalue weighted by molar-refractivity contribution is 6.03. The molecule has 0 unspecified atom stereocenters. The quantitative estimate of drug-likeness (QED) is 0.836. The van der Waals surface area contributed by atoms with Crippen molar-refractivity contribution in [2.24, 2.45) is 0 Å². The third kappa shape index (κ3) is 3.50. The van der Waals surface area contributed by atoms with E-state index in [0.29, 0.717) is 17.4 Å². The highest BCUT2D eigenvalue weighted by Gasteiger charge is 2.31. The van der Waals surface area contributed by atoms with Gasteiger partial charge in [0.15, 0.2) is 0 Å². The van der Waals surface area contributed by atoms with Gasteiger partial charge in [-0.3, -0.25) is 9.78 Å². The number of hydrogen-bond acceptors (Lipinski definition) is 3. The van der Waals surface area contributed by atoms with Gasteiger partial charge in [0.25, 0.3) is 5.91 Å². The van der Waals surface area contributed by atoms with Crippen LogP contribution in [0.1, 0.15) is 21.6 Å². The van der Waals surface area contributed by atoms with E-state index in [2.05, 4.69) is 10.3 Å². The summed E-state index contributed by atoms with van der Waals surface area (Å²) in [7, 11) is 0. The van der Waals surface area contributed by atoms with Crippen LogP contribution in [0.3, 0.4) is 0 Å². The van der Waals surface area contributed by atoms with E-state index in [9.17, 15) is 18.0 Å². The van der Waals surface area contributed by atoms with Gasteiger partial charge in [0.2, 0.25) is 0 Å². The van der Waals surface area contributed by atoms with Crippen LogP contribution >= 0.6 is 0 Å². The van der Waals surface area contributed by atoms with Crippen LogP contribution in [-0.2, 0) is 6.18 Å². The van der Waals surface area contributed by atoms with Crippen molar-refractivity contribution in [2.45, 2.75) is 13.1 Å². The average Bonchev–Trinajstić information content (AvgIpc) is 2.42. The molecule has 0 saturated carbocycles. The normalized spacial score (nSPS) is 11.2. The van der Waals surface area contributed by atoms with Gasteiger partial charge in [-0.2, -0.15) is 13.2 Å². The van der Waals surface area contributed by atoms with E-state index < -0.39 is 17.6 Å². The van der Waals surface area contributed by atoms with E-state index >= 15 is 0 Å². The maximum atomic E-state index is 12.6. The number of halogens is 3. The molecule has 0 aliphatic heterocycles. The Hall–Kier alpha value is -2.57. The molecule has 0 bridgehead atoms. The Balaban J connectivity index is 2.22. The molecule has 110 valence electrons. The summed E-state index contributed by atoms with van der Waals surface area (Å²) in [5.41, 5.74) is 6.17. The van der Waals surface area contributed by atoms with Crippen molar-refractivity contribution in [3.8, 4) is 0 Å². The number of amides is 1. The van der Waals surface area contributed by atoms with Crippen LogP contribution in [0.4, 0.5) is 24.5 Å². The number of rotatable bonds is 2. The summed E-state index contributed by atoms with van der Waals surface area (Å²) >= 11 is 0. The van der Waals surface area contributed by atoms with Crippen molar-refractivity contribution in [3.63, 3.8) is 0 Å². The smallest absolute Gasteiger partial charge is 0.398 e. The molecule has 0 radical (unpaired) electrons. The van der Waals surface area contributed by atoms with Crippen molar-refractivity contribution in [1.82, 2.24) is 4.98 Å². The van der Waals surface area contributed by atoms with Crippen molar-refractivity contribution in [3.05, 3.63) is 53.3 Å². The second-order valence-electron chi connectivity index (χ2n) is 4.45. The van der Waals surface area contributed by atoms with Crippen LogP contribution < -0.4 is 11.1 Å². The van der Waals surface area contributed by atoms with E-state index in [1.54, 1.807) is 19.1 Å². The average molecular weight is 295 g/mol. The number of nitrogens with zero attached hydrogens (tertiary/aromatic N) is 1. The lowest BCUT2D eigenvalue weighted by molar-refractivity contribution is -0.137. The maximum Gasteiger partial charge on any atom is 0.416 e. The molecule has 2 rings (SSSR count). The molecular weight excluding hydrogens is 283 g/mol. The number of pyridine rings is 1.